The van der Waals surface area contributed by atoms with Gasteiger partial charge in [0.2, 0.25) is 11.8 Å². The molecule has 8 rings (SSSR count). The zero-order valence-corrected chi connectivity index (χ0v) is 32.9. The zero-order valence-electron chi connectivity index (χ0n) is 30.5. The summed E-state index contributed by atoms with van der Waals surface area (Å²) >= 11 is 5.15. The third-order valence-electron chi connectivity index (χ3n) is 10.7. The molecule has 1 aromatic heterocycles. The normalized spacial score (nSPS) is 17.8. The second kappa shape index (κ2) is 16.5. The summed E-state index contributed by atoms with van der Waals surface area (Å²) in [5.74, 6) is 1.71. The van der Waals surface area contributed by atoms with Crippen molar-refractivity contribution in [3.8, 4) is 33.4 Å². The van der Waals surface area contributed by atoms with Gasteiger partial charge in [-0.1, -0.05) is 40.2 Å². The average Bonchev–Trinajstić information content (AvgIpc) is 3.70. The van der Waals surface area contributed by atoms with Crippen molar-refractivity contribution in [1.82, 2.24) is 20.0 Å². The highest BCUT2D eigenvalue weighted by molar-refractivity contribution is 9.10. The van der Waals surface area contributed by atoms with E-state index in [1.807, 2.05) is 30.3 Å². The second-order valence-electron chi connectivity index (χ2n) is 14.4. The minimum atomic E-state index is -0.614. The molecule has 0 bridgehead atoms. The molecule has 2 N–H and O–H groups in total. The number of carbonyl (C=O) groups excluding carboxylic acids is 3. The van der Waals surface area contributed by atoms with Crippen LogP contribution >= 0.6 is 27.3 Å². The number of carbonyl (C=O) groups is 3. The van der Waals surface area contributed by atoms with E-state index in [4.69, 9.17) is 9.47 Å². The lowest BCUT2D eigenvalue weighted by atomic mass is 10.0. The minimum Gasteiger partial charge on any atom is -0.508 e. The fraction of sp³-hybridized carbons (Fsp3) is 0.326. The van der Waals surface area contributed by atoms with Crippen LogP contribution < -0.4 is 14.8 Å². The maximum Gasteiger partial charge on any atom is 0.255 e. The smallest absolute Gasteiger partial charge is 0.255 e. The van der Waals surface area contributed by atoms with Crippen molar-refractivity contribution in [2.45, 2.75) is 44.7 Å². The van der Waals surface area contributed by atoms with Crippen LogP contribution in [0.4, 0.5) is 0 Å². The van der Waals surface area contributed by atoms with E-state index in [-0.39, 0.29) is 24.0 Å². The van der Waals surface area contributed by atoms with Crippen molar-refractivity contribution in [2.24, 2.45) is 0 Å². The standard InChI is InChI=1S/C43H43BrN4O6S/c44-31-8-6-29(7-9-31)41-40(36-14-10-32(49)26-38(36)55-41)54-33-11-4-28(5-12-33)3-1-18-46-20-22-47(23-21-46)19-2-24-53-34-13-15-35-30(25-34)27-48(43(35)52)37-16-17-39(50)45-42(37)51/h4-15,25-26,37,49H,1-3,16-24,27H2,(H,45,50,51). The molecule has 3 aliphatic heterocycles. The van der Waals surface area contributed by atoms with E-state index >= 15 is 0 Å². The van der Waals surface area contributed by atoms with Crippen LogP contribution in [0.5, 0.6) is 23.0 Å². The number of piperazine rings is 1. The number of nitrogens with one attached hydrogen (secondary N) is 1. The van der Waals surface area contributed by atoms with E-state index in [1.54, 1.807) is 34.4 Å². The Morgan fingerprint density at radius 3 is 2.31 bits per heavy atom. The molecule has 2 saturated heterocycles. The van der Waals surface area contributed by atoms with E-state index in [0.29, 0.717) is 25.1 Å². The minimum absolute atomic E-state index is 0.172. The highest BCUT2D eigenvalue weighted by atomic mass is 79.9. The number of thiophene rings is 1. The summed E-state index contributed by atoms with van der Waals surface area (Å²) < 4.78 is 14.6. The Morgan fingerprint density at radius 2 is 1.56 bits per heavy atom. The Balaban J connectivity index is 0.750. The largest absolute Gasteiger partial charge is 0.508 e. The van der Waals surface area contributed by atoms with Crippen molar-refractivity contribution in [3.05, 3.63) is 106 Å². The molecular formula is C43H43BrN4O6S. The van der Waals surface area contributed by atoms with Crippen LogP contribution in [0.3, 0.4) is 0 Å². The Morgan fingerprint density at radius 1 is 0.836 bits per heavy atom. The van der Waals surface area contributed by atoms with Gasteiger partial charge >= 0.3 is 0 Å². The Kier molecular flexibility index (Phi) is 11.2. The molecule has 3 amide bonds. The van der Waals surface area contributed by atoms with E-state index < -0.39 is 11.9 Å². The number of phenols is 1. The number of hydrogen-bond acceptors (Lipinski definition) is 9. The number of fused-ring (bicyclic) bond motifs is 2. The Labute approximate surface area is 332 Å². The molecular weight excluding hydrogens is 780 g/mol. The molecule has 0 aliphatic carbocycles. The molecule has 0 saturated carbocycles. The SMILES string of the molecule is O=C1CCC(N2Cc3cc(OCCCN4CCN(CCCc5ccc(Oc6c(-c7ccc(Br)cc7)sc7cc(O)ccc67)cc5)CC4)ccc3C2=O)C(=O)N1. The number of halogens is 1. The summed E-state index contributed by atoms with van der Waals surface area (Å²) in [6, 6.07) is 27.0. The first kappa shape index (κ1) is 37.2. The van der Waals surface area contributed by atoms with Gasteiger partial charge < -0.3 is 29.3 Å². The summed E-state index contributed by atoms with van der Waals surface area (Å²) in [7, 11) is 0. The van der Waals surface area contributed by atoms with Gasteiger partial charge in [-0.05, 0) is 110 Å². The second-order valence-corrected chi connectivity index (χ2v) is 16.4. The average molecular weight is 824 g/mol. The Hall–Kier alpha value is -4.75. The van der Waals surface area contributed by atoms with Gasteiger partial charge in [0, 0.05) is 65.8 Å². The van der Waals surface area contributed by atoms with E-state index in [9.17, 15) is 19.5 Å². The number of aromatic hydroxyl groups is 1. The van der Waals surface area contributed by atoms with Gasteiger partial charge in [0.1, 0.15) is 23.3 Å². The van der Waals surface area contributed by atoms with E-state index in [2.05, 4.69) is 67.4 Å². The van der Waals surface area contributed by atoms with Gasteiger partial charge in [-0.25, -0.2) is 0 Å². The van der Waals surface area contributed by atoms with Crippen LogP contribution in [0.25, 0.3) is 20.5 Å². The van der Waals surface area contributed by atoms with Crippen molar-refractivity contribution >= 4 is 55.1 Å². The van der Waals surface area contributed by atoms with E-state index in [0.717, 1.165) is 106 Å². The highest BCUT2D eigenvalue weighted by Gasteiger charge is 2.39. The molecule has 4 heterocycles. The number of phenolic OH excluding ortho intramolecular Hbond substituents is 1. The molecule has 2 fully saturated rings. The first-order valence-corrected chi connectivity index (χ1v) is 20.5. The van der Waals surface area contributed by atoms with Crippen molar-refractivity contribution in [1.29, 1.82) is 0 Å². The van der Waals surface area contributed by atoms with Crippen LogP contribution in [0.2, 0.25) is 0 Å². The number of piperidine rings is 1. The number of imide groups is 1. The quantitative estimate of drug-likeness (QED) is 0.0923. The summed E-state index contributed by atoms with van der Waals surface area (Å²) in [5.41, 5.74) is 3.81. The lowest BCUT2D eigenvalue weighted by Gasteiger charge is -2.34. The maximum absolute atomic E-state index is 13.0. The molecule has 10 nitrogen and oxygen atoms in total. The van der Waals surface area contributed by atoms with E-state index in [1.165, 1.54) is 5.56 Å². The topological polar surface area (TPSA) is 112 Å². The highest BCUT2D eigenvalue weighted by Crippen LogP contribution is 2.47. The number of ether oxygens (including phenoxy) is 2. The van der Waals surface area contributed by atoms with Crippen molar-refractivity contribution in [3.63, 3.8) is 0 Å². The molecule has 5 aromatic rings. The zero-order chi connectivity index (χ0) is 37.9. The van der Waals surface area contributed by atoms with Crippen LogP contribution in [0.15, 0.2) is 89.4 Å². The van der Waals surface area contributed by atoms with Gasteiger partial charge in [-0.15, -0.1) is 11.3 Å². The van der Waals surface area contributed by atoms with Gasteiger partial charge in [0.15, 0.2) is 5.75 Å². The number of hydrogen-bond donors (Lipinski definition) is 2. The number of benzene rings is 4. The lowest BCUT2D eigenvalue weighted by Crippen LogP contribution is -2.52. The third kappa shape index (κ3) is 8.57. The van der Waals surface area contributed by atoms with Crippen molar-refractivity contribution < 1.29 is 29.0 Å². The van der Waals surface area contributed by atoms with Crippen LogP contribution in [-0.2, 0) is 22.6 Å². The van der Waals surface area contributed by atoms with Gasteiger partial charge in [-0.3, -0.25) is 19.7 Å². The van der Waals surface area contributed by atoms with Crippen LogP contribution in [-0.4, -0.2) is 89.4 Å². The number of amides is 3. The Bertz CT molecular complexity index is 2200. The summed E-state index contributed by atoms with van der Waals surface area (Å²) in [4.78, 5) is 44.5. The number of aryl methyl sites for hydroxylation is 1. The van der Waals surface area contributed by atoms with Crippen LogP contribution in [0.1, 0.15) is 47.2 Å². The molecule has 284 valence electrons. The predicted octanol–water partition coefficient (Wildman–Crippen LogP) is 7.61. The summed E-state index contributed by atoms with van der Waals surface area (Å²) in [6.45, 7) is 7.19. The molecule has 12 heteroatoms. The molecule has 55 heavy (non-hydrogen) atoms. The molecule has 4 aromatic carbocycles. The molecule has 0 radical (unpaired) electrons. The fourth-order valence-corrected chi connectivity index (χ4v) is 9.09. The van der Waals surface area contributed by atoms with Gasteiger partial charge in [0.25, 0.3) is 5.91 Å². The van der Waals surface area contributed by atoms with Gasteiger partial charge in [0.05, 0.1) is 11.5 Å². The predicted molar refractivity (Wildman–Crippen MR) is 217 cm³/mol. The molecule has 1 unspecified atom stereocenters. The first-order chi connectivity index (χ1) is 26.8. The monoisotopic (exact) mass is 822 g/mol. The van der Waals surface area contributed by atoms with Gasteiger partial charge in [-0.2, -0.15) is 0 Å². The maximum atomic E-state index is 13.0. The lowest BCUT2D eigenvalue weighted by molar-refractivity contribution is -0.136. The number of nitrogens with zero attached hydrogens (tertiary/aromatic N) is 3. The fourth-order valence-electron chi connectivity index (χ4n) is 7.66. The molecule has 3 aliphatic rings. The molecule has 0 spiro atoms. The van der Waals surface area contributed by atoms with Crippen molar-refractivity contribution in [2.75, 3.05) is 45.9 Å². The summed E-state index contributed by atoms with van der Waals surface area (Å²) in [6.07, 6.45) is 3.61. The van der Waals surface area contributed by atoms with Crippen LogP contribution in [0, 0.1) is 0 Å². The first-order valence-electron chi connectivity index (χ1n) is 18.9. The summed E-state index contributed by atoms with van der Waals surface area (Å²) in [5, 5.41) is 13.4. The molecule has 1 atom stereocenters. The third-order valence-corrected chi connectivity index (χ3v) is 12.4. The number of rotatable bonds is 13.